The molecule has 12 heteroatoms. The van der Waals surface area contributed by atoms with E-state index < -0.39 is 47.2 Å². The summed E-state index contributed by atoms with van der Waals surface area (Å²) in [5.41, 5.74) is 0. The van der Waals surface area contributed by atoms with Crippen molar-refractivity contribution in [2.24, 2.45) is 0 Å². The number of ether oxygens (including phenoxy) is 5. The maximum absolute atomic E-state index is 13.5. The maximum atomic E-state index is 13.5. The molecule has 0 heterocycles. The molecule has 0 aliphatic carbocycles. The van der Waals surface area contributed by atoms with Crippen molar-refractivity contribution in [2.45, 2.75) is 116 Å². The summed E-state index contributed by atoms with van der Waals surface area (Å²) in [4.78, 5) is 23.5. The van der Waals surface area contributed by atoms with Crippen molar-refractivity contribution >= 4 is 11.9 Å². The minimum absolute atomic E-state index is 0.0761. The summed E-state index contributed by atoms with van der Waals surface area (Å²) in [7, 11) is 0. The molecule has 0 unspecified atom stereocenters. The quantitative estimate of drug-likeness (QED) is 0.0214. The van der Waals surface area contributed by atoms with Crippen molar-refractivity contribution in [1.82, 2.24) is 0 Å². The first-order valence-electron chi connectivity index (χ1n) is 16.4. The van der Waals surface area contributed by atoms with Crippen LogP contribution in [0.5, 0.6) is 5.75 Å². The van der Waals surface area contributed by atoms with E-state index in [1.165, 1.54) is 77.0 Å². The third kappa shape index (κ3) is 19.7. The van der Waals surface area contributed by atoms with E-state index in [1.807, 2.05) is 0 Å². The highest BCUT2D eigenvalue weighted by Gasteiger charge is 2.28. The Morgan fingerprint density at radius 2 is 0.822 bits per heavy atom. The molecule has 0 saturated carbocycles. The molecule has 0 atom stereocenters. The van der Waals surface area contributed by atoms with Crippen molar-refractivity contribution in [3.05, 3.63) is 29.1 Å². The van der Waals surface area contributed by atoms with Crippen molar-refractivity contribution in [3.63, 3.8) is 0 Å². The predicted molar refractivity (Wildman–Crippen MR) is 159 cm³/mol. The van der Waals surface area contributed by atoms with Crippen molar-refractivity contribution < 1.29 is 55.2 Å². The molecule has 0 aromatic heterocycles. The summed E-state index contributed by atoms with van der Waals surface area (Å²) in [6.07, 6.45) is 19.0. The van der Waals surface area contributed by atoms with Crippen LogP contribution in [0.25, 0.3) is 0 Å². The molecule has 1 aromatic carbocycles. The van der Waals surface area contributed by atoms with E-state index >= 15 is 0 Å². The highest BCUT2D eigenvalue weighted by molar-refractivity contribution is 5.72. The van der Waals surface area contributed by atoms with Gasteiger partial charge in [0.25, 0.3) is 0 Å². The zero-order valence-corrected chi connectivity index (χ0v) is 26.7. The number of unbranched alkanes of at least 4 members (excludes halogenated alkanes) is 14. The van der Waals surface area contributed by atoms with Crippen LogP contribution in [0.2, 0.25) is 0 Å². The first-order valence-corrected chi connectivity index (χ1v) is 16.4. The lowest BCUT2D eigenvalue weighted by atomic mass is 10.0. The number of rotatable bonds is 29. The summed E-state index contributed by atoms with van der Waals surface area (Å²) in [6, 6.07) is 0. The highest BCUT2D eigenvalue weighted by atomic mass is 19.2. The van der Waals surface area contributed by atoms with Crippen molar-refractivity contribution in [1.29, 1.82) is 0 Å². The van der Waals surface area contributed by atoms with E-state index in [0.29, 0.717) is 6.42 Å². The van der Waals surface area contributed by atoms with Gasteiger partial charge >= 0.3 is 11.9 Å². The molecule has 0 N–H and O–H groups in total. The van der Waals surface area contributed by atoms with E-state index in [2.05, 4.69) is 11.7 Å². The van der Waals surface area contributed by atoms with E-state index in [1.54, 1.807) is 0 Å². The van der Waals surface area contributed by atoms with Crippen LogP contribution in [0.15, 0.2) is 0 Å². The largest absolute Gasteiger partial charge is 0.463 e. The number of hydrogen-bond donors (Lipinski definition) is 0. The SMILES string of the molecule is CCCCCCCCCCCCCCCCCC(=O)OCCOCCOCCOCCC(=O)Oc1c(F)c(F)c(F)c(F)c1F. The molecular weight excluding hydrogens is 603 g/mol. The Labute approximate surface area is 264 Å². The second-order valence-electron chi connectivity index (χ2n) is 10.9. The average molecular weight is 655 g/mol. The molecule has 45 heavy (non-hydrogen) atoms. The van der Waals surface area contributed by atoms with Gasteiger partial charge in [0.05, 0.1) is 46.1 Å². The van der Waals surface area contributed by atoms with Gasteiger partial charge in [-0.05, 0) is 6.42 Å². The Morgan fingerprint density at radius 1 is 0.444 bits per heavy atom. The van der Waals surface area contributed by atoms with Crippen LogP contribution in [0, 0.1) is 29.1 Å². The summed E-state index contributed by atoms with van der Waals surface area (Å²) >= 11 is 0. The summed E-state index contributed by atoms with van der Waals surface area (Å²) in [6.45, 7) is 3.19. The second kappa shape index (κ2) is 26.9. The van der Waals surface area contributed by atoms with Gasteiger partial charge in [-0.1, -0.05) is 96.8 Å². The van der Waals surface area contributed by atoms with Gasteiger partial charge < -0.3 is 23.7 Å². The first kappa shape index (κ1) is 40.7. The molecule has 0 saturated heterocycles. The Kier molecular flexibility index (Phi) is 24.3. The fourth-order valence-corrected chi connectivity index (χ4v) is 4.46. The fourth-order valence-electron chi connectivity index (χ4n) is 4.46. The number of hydrogen-bond acceptors (Lipinski definition) is 7. The smallest absolute Gasteiger partial charge is 0.313 e. The molecule has 260 valence electrons. The van der Waals surface area contributed by atoms with Gasteiger partial charge in [0.2, 0.25) is 34.8 Å². The van der Waals surface area contributed by atoms with E-state index in [4.69, 9.17) is 18.9 Å². The lowest BCUT2D eigenvalue weighted by Gasteiger charge is -2.09. The van der Waals surface area contributed by atoms with Crippen LogP contribution in [-0.2, 0) is 28.5 Å². The van der Waals surface area contributed by atoms with Crippen LogP contribution in [0.4, 0.5) is 22.0 Å². The first-order chi connectivity index (χ1) is 21.8. The number of carbonyl (C=O) groups is 2. The fraction of sp³-hybridized carbons (Fsp3) is 0.758. The molecule has 0 radical (unpaired) electrons. The van der Waals surface area contributed by atoms with Gasteiger partial charge in [-0.25, -0.2) is 13.2 Å². The zero-order valence-electron chi connectivity index (χ0n) is 26.7. The third-order valence-electron chi connectivity index (χ3n) is 7.06. The lowest BCUT2D eigenvalue weighted by Crippen LogP contribution is -2.16. The second-order valence-corrected chi connectivity index (χ2v) is 10.9. The molecule has 0 amide bonds. The van der Waals surface area contributed by atoms with Gasteiger partial charge in [-0.2, -0.15) is 8.78 Å². The van der Waals surface area contributed by atoms with E-state index in [-0.39, 0.29) is 52.2 Å². The van der Waals surface area contributed by atoms with Gasteiger partial charge in [-0.3, -0.25) is 9.59 Å². The maximum Gasteiger partial charge on any atom is 0.313 e. The molecule has 1 rings (SSSR count). The molecule has 0 aliphatic heterocycles. The molecule has 0 spiro atoms. The van der Waals surface area contributed by atoms with Gasteiger partial charge in [-0.15, -0.1) is 0 Å². The molecule has 1 aromatic rings. The van der Waals surface area contributed by atoms with Crippen LogP contribution < -0.4 is 4.74 Å². The molecule has 0 aliphatic rings. The van der Waals surface area contributed by atoms with Crippen LogP contribution in [0.3, 0.4) is 0 Å². The number of halogens is 5. The van der Waals surface area contributed by atoms with Crippen LogP contribution >= 0.6 is 0 Å². The summed E-state index contributed by atoms with van der Waals surface area (Å²) < 4.78 is 91.5. The van der Waals surface area contributed by atoms with E-state index in [0.717, 1.165) is 19.3 Å². The highest BCUT2D eigenvalue weighted by Crippen LogP contribution is 2.29. The standard InChI is InChI=1S/C33H51F5O7/c1-2-3-4-5-6-7-8-9-10-11-12-13-14-15-16-17-26(39)44-25-24-43-23-22-42-21-20-41-19-18-27(40)45-33-31(37)29(35)28(34)30(36)32(33)38/h2-25H2,1H3. The Morgan fingerprint density at radius 3 is 1.29 bits per heavy atom. The number of esters is 2. The average Bonchev–Trinajstić information content (AvgIpc) is 3.03. The molecular formula is C33H51F5O7. The Balaban J connectivity index is 1.85. The predicted octanol–water partition coefficient (Wildman–Crippen LogP) is 8.53. The van der Waals surface area contributed by atoms with E-state index in [9.17, 15) is 31.5 Å². The minimum Gasteiger partial charge on any atom is -0.463 e. The molecule has 0 bridgehead atoms. The third-order valence-corrected chi connectivity index (χ3v) is 7.06. The van der Waals surface area contributed by atoms with Crippen molar-refractivity contribution in [3.8, 4) is 5.75 Å². The Bertz CT molecular complexity index is 920. The Hall–Kier alpha value is -2.31. The van der Waals surface area contributed by atoms with Gasteiger partial charge in [0.15, 0.2) is 0 Å². The van der Waals surface area contributed by atoms with Crippen LogP contribution in [0.1, 0.15) is 116 Å². The van der Waals surface area contributed by atoms with Gasteiger partial charge in [0.1, 0.15) is 6.61 Å². The monoisotopic (exact) mass is 654 g/mol. The number of benzene rings is 1. The molecule has 7 nitrogen and oxygen atoms in total. The summed E-state index contributed by atoms with van der Waals surface area (Å²) in [5, 5.41) is 0. The normalized spacial score (nSPS) is 11.2. The minimum atomic E-state index is -2.34. The van der Waals surface area contributed by atoms with Crippen molar-refractivity contribution in [2.75, 3.05) is 46.2 Å². The van der Waals surface area contributed by atoms with Gasteiger partial charge in [0, 0.05) is 6.42 Å². The van der Waals surface area contributed by atoms with Crippen LogP contribution in [-0.4, -0.2) is 58.2 Å². The zero-order chi connectivity index (χ0) is 33.1. The summed E-state index contributed by atoms with van der Waals surface area (Å²) in [5.74, 6) is -14.3. The molecule has 0 fully saturated rings. The lowest BCUT2D eigenvalue weighted by molar-refractivity contribution is -0.145. The topological polar surface area (TPSA) is 80.3 Å². The number of carbonyl (C=O) groups excluding carboxylic acids is 2.